The summed E-state index contributed by atoms with van der Waals surface area (Å²) in [5.41, 5.74) is 14.4. The molecule has 0 heterocycles. The number of primary amides is 1. The van der Waals surface area contributed by atoms with Crippen molar-refractivity contribution in [2.24, 2.45) is 5.73 Å². The predicted octanol–water partition coefficient (Wildman–Crippen LogP) is 5.60. The molecule has 12 nitrogen and oxygen atoms in total. The number of rotatable bonds is 21. The van der Waals surface area contributed by atoms with Crippen molar-refractivity contribution in [2.45, 2.75) is 51.7 Å². The number of carbonyl (C=O) groups excluding carboxylic acids is 6. The highest BCUT2D eigenvalue weighted by Gasteiger charge is 2.26. The van der Waals surface area contributed by atoms with Crippen molar-refractivity contribution in [3.05, 3.63) is 149 Å². The fourth-order valence-corrected chi connectivity index (χ4v) is 5.60. The summed E-state index contributed by atoms with van der Waals surface area (Å²) in [4.78, 5) is 77.2. The molecule has 0 saturated carbocycles. The van der Waals surface area contributed by atoms with Gasteiger partial charge in [0.15, 0.2) is 28.8 Å². The summed E-state index contributed by atoms with van der Waals surface area (Å²) in [6.07, 6.45) is 2.06. The van der Waals surface area contributed by atoms with Gasteiger partial charge < -0.3 is 31.0 Å². The number of amides is 2. The Labute approximate surface area is 325 Å². The fraction of sp³-hybridized carbons (Fsp3) is 0.227. The van der Waals surface area contributed by atoms with Crippen LogP contribution in [0.4, 0.5) is 5.69 Å². The Morgan fingerprint density at radius 1 is 0.696 bits per heavy atom. The lowest BCUT2D eigenvalue weighted by molar-refractivity contribution is -0.125. The zero-order chi connectivity index (χ0) is 40.8. The zero-order valence-corrected chi connectivity index (χ0v) is 31.4. The molecule has 0 unspecified atom stereocenters. The van der Waals surface area contributed by atoms with E-state index in [4.69, 9.17) is 25.7 Å². The highest BCUT2D eigenvalue weighted by atomic mass is 16.5. The topological polar surface area (TPSA) is 194 Å². The monoisotopic (exact) mass is 759 g/mol. The molecule has 4 aromatic rings. The molecule has 56 heavy (non-hydrogen) atoms. The molecule has 0 aliphatic carbocycles. The van der Waals surface area contributed by atoms with Gasteiger partial charge >= 0.3 is 5.97 Å². The third kappa shape index (κ3) is 11.8. The number of hydrogen-bond acceptors (Lipinski definition) is 10. The first-order chi connectivity index (χ1) is 26.8. The number of esters is 1. The van der Waals surface area contributed by atoms with Crippen LogP contribution in [0.15, 0.2) is 110 Å². The Kier molecular flexibility index (Phi) is 15.0. The molecule has 12 heteroatoms. The number of benzene rings is 4. The van der Waals surface area contributed by atoms with Crippen molar-refractivity contribution in [1.29, 1.82) is 0 Å². The van der Waals surface area contributed by atoms with Gasteiger partial charge in [0.05, 0.1) is 29.7 Å². The second kappa shape index (κ2) is 20.0. The Hall–Kier alpha value is -6.82. The van der Waals surface area contributed by atoms with Gasteiger partial charge in [-0.3, -0.25) is 24.0 Å². The lowest BCUT2D eigenvalue weighted by Gasteiger charge is -2.20. The maximum absolute atomic E-state index is 13.7. The minimum atomic E-state index is -1.16. The van der Waals surface area contributed by atoms with Gasteiger partial charge in [0.2, 0.25) is 5.91 Å². The van der Waals surface area contributed by atoms with Crippen molar-refractivity contribution in [2.75, 3.05) is 18.9 Å². The SMILES string of the molecule is C=CCOC(=O)c1ccc(CC(=O)c2ccc(CC(=O)c3ccc(CC(=O)[C@H](CC(N)=O)NC(=O)c4ccc(N)cc4)cc3)c(OC(C)C)c2OCC=C)cc1. The largest absolute Gasteiger partial charge is 0.487 e. The van der Waals surface area contributed by atoms with Gasteiger partial charge in [-0.15, -0.1) is 0 Å². The van der Waals surface area contributed by atoms with Crippen molar-refractivity contribution in [1.82, 2.24) is 5.32 Å². The number of Topliss-reactive ketones (excluding diaryl/α,β-unsaturated/α-hetero) is 3. The highest BCUT2D eigenvalue weighted by Crippen LogP contribution is 2.38. The average molecular weight is 760 g/mol. The van der Waals surface area contributed by atoms with Crippen LogP contribution in [-0.2, 0) is 33.6 Å². The molecule has 4 rings (SSSR count). The molecule has 0 radical (unpaired) electrons. The summed E-state index contributed by atoms with van der Waals surface area (Å²) in [6, 6.07) is 21.1. The number of ether oxygens (including phenoxy) is 3. The van der Waals surface area contributed by atoms with Crippen LogP contribution in [0.5, 0.6) is 11.5 Å². The standard InChI is InChI=1S/C44H45N3O9/c1-5-21-54-42-35(38(49)23-28-9-13-32(14-10-28)44(53)55-22-6-2)20-17-33(41(42)56-27(3)4)25-37(48)30-11-7-29(8-12-30)24-39(50)36(26-40(46)51)47-43(52)31-15-18-34(45)19-16-31/h5-20,27,36H,1-2,21-26,45H2,3-4H3,(H2,46,51)(H,47,52)/t36-/m0/s1. The molecule has 0 fully saturated rings. The molecule has 0 aliphatic heterocycles. The summed E-state index contributed by atoms with van der Waals surface area (Å²) < 4.78 is 17.2. The molecule has 0 aromatic heterocycles. The molecular formula is C44H45N3O9. The van der Waals surface area contributed by atoms with Crippen molar-refractivity contribution < 1.29 is 43.0 Å². The number of ketones is 3. The first-order valence-corrected chi connectivity index (χ1v) is 17.9. The van der Waals surface area contributed by atoms with Crippen LogP contribution in [-0.4, -0.2) is 60.5 Å². The van der Waals surface area contributed by atoms with Gasteiger partial charge in [-0.1, -0.05) is 67.8 Å². The normalized spacial score (nSPS) is 11.2. The Morgan fingerprint density at radius 3 is 1.88 bits per heavy atom. The summed E-state index contributed by atoms with van der Waals surface area (Å²) in [6.45, 7) is 11.0. The van der Waals surface area contributed by atoms with Crippen LogP contribution in [0.25, 0.3) is 0 Å². The maximum Gasteiger partial charge on any atom is 0.338 e. The maximum atomic E-state index is 13.7. The van der Waals surface area contributed by atoms with Gasteiger partial charge in [0, 0.05) is 41.6 Å². The van der Waals surface area contributed by atoms with Crippen molar-refractivity contribution in [3.63, 3.8) is 0 Å². The van der Waals surface area contributed by atoms with E-state index in [0.717, 1.165) is 0 Å². The van der Waals surface area contributed by atoms with E-state index in [1.54, 1.807) is 72.8 Å². The van der Waals surface area contributed by atoms with E-state index in [2.05, 4.69) is 18.5 Å². The Morgan fingerprint density at radius 2 is 1.29 bits per heavy atom. The van der Waals surface area contributed by atoms with E-state index in [1.807, 2.05) is 13.8 Å². The van der Waals surface area contributed by atoms with E-state index in [1.165, 1.54) is 24.3 Å². The van der Waals surface area contributed by atoms with Crippen LogP contribution in [0.3, 0.4) is 0 Å². The quantitative estimate of drug-likeness (QED) is 0.0417. The Bertz CT molecular complexity index is 2090. The second-order valence-electron chi connectivity index (χ2n) is 13.1. The number of nitrogens with one attached hydrogen (secondary N) is 1. The molecule has 290 valence electrons. The van der Waals surface area contributed by atoms with Crippen LogP contribution in [0.1, 0.15) is 78.4 Å². The van der Waals surface area contributed by atoms with E-state index in [0.29, 0.717) is 33.5 Å². The molecule has 2 amide bonds. The minimum Gasteiger partial charge on any atom is -0.487 e. The number of nitrogens with two attached hydrogens (primary N) is 2. The molecule has 5 N–H and O–H groups in total. The van der Waals surface area contributed by atoms with Crippen molar-refractivity contribution in [3.8, 4) is 11.5 Å². The molecule has 0 aliphatic rings. The lowest BCUT2D eigenvalue weighted by Crippen LogP contribution is -2.44. The molecular weight excluding hydrogens is 714 g/mol. The number of anilines is 1. The fourth-order valence-electron chi connectivity index (χ4n) is 5.60. The molecule has 1 atom stereocenters. The second-order valence-corrected chi connectivity index (χ2v) is 13.1. The van der Waals surface area contributed by atoms with Crippen LogP contribution >= 0.6 is 0 Å². The number of nitrogen functional groups attached to an aromatic ring is 1. The third-order valence-corrected chi connectivity index (χ3v) is 8.36. The summed E-state index contributed by atoms with van der Waals surface area (Å²) in [5.74, 6) is -2.36. The van der Waals surface area contributed by atoms with E-state index >= 15 is 0 Å². The van der Waals surface area contributed by atoms with Crippen LogP contribution in [0.2, 0.25) is 0 Å². The molecule has 4 aromatic carbocycles. The van der Waals surface area contributed by atoms with Gasteiger partial charge in [-0.2, -0.15) is 0 Å². The van der Waals surface area contributed by atoms with Crippen LogP contribution < -0.4 is 26.3 Å². The number of carbonyl (C=O) groups is 6. The van der Waals surface area contributed by atoms with Gasteiger partial charge in [-0.05, 0) is 67.4 Å². The van der Waals surface area contributed by atoms with Gasteiger partial charge in [0.1, 0.15) is 13.2 Å². The van der Waals surface area contributed by atoms with Gasteiger partial charge in [0.25, 0.3) is 5.91 Å². The zero-order valence-electron chi connectivity index (χ0n) is 31.4. The Balaban J connectivity index is 1.51. The third-order valence-electron chi connectivity index (χ3n) is 8.36. The predicted molar refractivity (Wildman–Crippen MR) is 212 cm³/mol. The smallest absolute Gasteiger partial charge is 0.338 e. The summed E-state index contributed by atoms with van der Waals surface area (Å²) in [5, 5.41) is 2.58. The molecule has 0 bridgehead atoms. The highest BCUT2D eigenvalue weighted by molar-refractivity contribution is 6.03. The minimum absolute atomic E-state index is 0.00108. The molecule has 0 spiro atoms. The average Bonchev–Trinajstić information content (AvgIpc) is 3.17. The number of hydrogen-bond donors (Lipinski definition) is 3. The first-order valence-electron chi connectivity index (χ1n) is 17.9. The van der Waals surface area contributed by atoms with Crippen molar-refractivity contribution >= 4 is 40.8 Å². The van der Waals surface area contributed by atoms with E-state index in [-0.39, 0.29) is 79.2 Å². The summed E-state index contributed by atoms with van der Waals surface area (Å²) in [7, 11) is 0. The molecule has 0 saturated heterocycles. The summed E-state index contributed by atoms with van der Waals surface area (Å²) >= 11 is 0. The van der Waals surface area contributed by atoms with Crippen LogP contribution in [0, 0.1) is 0 Å². The van der Waals surface area contributed by atoms with E-state index in [9.17, 15) is 28.8 Å². The van der Waals surface area contributed by atoms with E-state index < -0.39 is 29.6 Å². The first kappa shape index (κ1) is 41.9. The van der Waals surface area contributed by atoms with Gasteiger partial charge in [-0.25, -0.2) is 4.79 Å². The lowest BCUT2D eigenvalue weighted by atomic mass is 9.95.